The van der Waals surface area contributed by atoms with Crippen molar-refractivity contribution in [1.29, 1.82) is 0 Å². The topological polar surface area (TPSA) is 72.2 Å². The van der Waals surface area contributed by atoms with E-state index >= 15 is 0 Å². The minimum absolute atomic E-state index is 0.114. The number of carbonyl (C=O) groups is 1. The monoisotopic (exact) mass is 298 g/mol. The Labute approximate surface area is 120 Å². The minimum Gasteiger partial charge on any atom is -0.352 e. The Kier molecular flexibility index (Phi) is 4.94. The fourth-order valence-electron chi connectivity index (χ4n) is 2.08. The first kappa shape index (κ1) is 14.8. The summed E-state index contributed by atoms with van der Waals surface area (Å²) >= 11 is 1.91. The number of benzene rings is 1. The summed E-state index contributed by atoms with van der Waals surface area (Å²) in [5, 5.41) is 13.4. The van der Waals surface area contributed by atoms with Gasteiger partial charge < -0.3 is 5.32 Å². The van der Waals surface area contributed by atoms with Crippen LogP contribution in [0.5, 0.6) is 0 Å². The van der Waals surface area contributed by atoms with E-state index in [-0.39, 0.29) is 5.56 Å². The second-order valence-corrected chi connectivity index (χ2v) is 5.91. The largest absolute Gasteiger partial charge is 0.352 e. The molecule has 108 valence electrons. The van der Waals surface area contributed by atoms with E-state index in [1.807, 2.05) is 11.8 Å². The van der Waals surface area contributed by atoms with Crippen LogP contribution in [0.1, 0.15) is 23.2 Å². The Morgan fingerprint density at radius 3 is 2.80 bits per heavy atom. The third-order valence-corrected chi connectivity index (χ3v) is 4.35. The summed E-state index contributed by atoms with van der Waals surface area (Å²) in [4.78, 5) is 21.7. The van der Waals surface area contributed by atoms with Crippen LogP contribution < -0.4 is 5.32 Å². The molecule has 0 radical (unpaired) electrons. The molecular formula is C13H15FN2O3S. The Morgan fingerprint density at radius 2 is 2.15 bits per heavy atom. The fraction of sp³-hybridized carbons (Fsp3) is 0.462. The number of amides is 1. The Hall–Kier alpha value is -1.63. The van der Waals surface area contributed by atoms with Gasteiger partial charge in [-0.2, -0.15) is 16.2 Å². The van der Waals surface area contributed by atoms with Gasteiger partial charge in [0.2, 0.25) is 5.82 Å². The van der Waals surface area contributed by atoms with Gasteiger partial charge in [-0.3, -0.25) is 14.9 Å². The predicted molar refractivity (Wildman–Crippen MR) is 75.4 cm³/mol. The number of rotatable bonds is 4. The van der Waals surface area contributed by atoms with Crippen molar-refractivity contribution in [3.8, 4) is 0 Å². The maximum absolute atomic E-state index is 13.2. The van der Waals surface area contributed by atoms with E-state index < -0.39 is 22.3 Å². The molecule has 0 spiro atoms. The van der Waals surface area contributed by atoms with Crippen molar-refractivity contribution in [2.45, 2.75) is 12.8 Å². The maximum atomic E-state index is 13.2. The number of hydrogen-bond acceptors (Lipinski definition) is 4. The second kappa shape index (κ2) is 6.69. The van der Waals surface area contributed by atoms with Gasteiger partial charge in [0.25, 0.3) is 5.91 Å². The highest BCUT2D eigenvalue weighted by Gasteiger charge is 2.19. The molecule has 7 heteroatoms. The van der Waals surface area contributed by atoms with Crippen molar-refractivity contribution in [2.24, 2.45) is 5.92 Å². The lowest BCUT2D eigenvalue weighted by Crippen LogP contribution is -2.31. The van der Waals surface area contributed by atoms with Gasteiger partial charge in [-0.1, -0.05) is 0 Å². The Morgan fingerprint density at radius 1 is 1.45 bits per heavy atom. The highest BCUT2D eigenvalue weighted by atomic mass is 32.2. The summed E-state index contributed by atoms with van der Waals surface area (Å²) in [5.41, 5.74) is -0.560. The molecule has 0 bridgehead atoms. The van der Waals surface area contributed by atoms with Crippen LogP contribution in [-0.2, 0) is 0 Å². The molecule has 1 aromatic carbocycles. The van der Waals surface area contributed by atoms with Crippen LogP contribution >= 0.6 is 11.8 Å². The van der Waals surface area contributed by atoms with E-state index in [0.29, 0.717) is 12.5 Å². The molecule has 1 N–H and O–H groups in total. The van der Waals surface area contributed by atoms with Crippen molar-refractivity contribution in [1.82, 2.24) is 5.32 Å². The molecule has 1 amide bonds. The number of nitrogens with one attached hydrogen (secondary N) is 1. The van der Waals surface area contributed by atoms with Crippen LogP contribution in [-0.4, -0.2) is 28.9 Å². The first-order valence-corrected chi connectivity index (χ1v) is 7.53. The van der Waals surface area contributed by atoms with Crippen LogP contribution in [0.2, 0.25) is 0 Å². The lowest BCUT2D eigenvalue weighted by atomic mass is 10.0. The first-order chi connectivity index (χ1) is 9.58. The van der Waals surface area contributed by atoms with Gasteiger partial charge in [0.15, 0.2) is 0 Å². The third kappa shape index (κ3) is 3.69. The van der Waals surface area contributed by atoms with Gasteiger partial charge in [-0.15, -0.1) is 0 Å². The zero-order valence-corrected chi connectivity index (χ0v) is 11.6. The number of nitrogens with zero attached hydrogens (tertiary/aromatic N) is 1. The zero-order chi connectivity index (χ0) is 14.5. The van der Waals surface area contributed by atoms with Crippen molar-refractivity contribution in [3.63, 3.8) is 0 Å². The van der Waals surface area contributed by atoms with Crippen molar-refractivity contribution < 1.29 is 14.1 Å². The number of nitro benzene ring substituents is 1. The molecule has 5 nitrogen and oxygen atoms in total. The summed E-state index contributed by atoms with van der Waals surface area (Å²) < 4.78 is 13.2. The molecule has 0 atom stereocenters. The predicted octanol–water partition coefficient (Wildman–Crippen LogP) is 2.61. The smallest absolute Gasteiger partial charge is 0.305 e. The van der Waals surface area contributed by atoms with Gasteiger partial charge in [0.1, 0.15) is 0 Å². The standard InChI is InChI=1S/C13H15FN2O3S/c14-11-2-1-10(7-12(11)16(18)19)13(17)15-8-9-3-5-20-6-4-9/h1-2,7,9H,3-6,8H2,(H,15,17). The molecule has 0 unspecified atom stereocenters. The molecule has 2 rings (SSSR count). The van der Waals surface area contributed by atoms with Gasteiger partial charge in [-0.25, -0.2) is 0 Å². The SMILES string of the molecule is O=C(NCC1CCSCC1)c1ccc(F)c([N+](=O)[O-])c1. The maximum Gasteiger partial charge on any atom is 0.305 e. The highest BCUT2D eigenvalue weighted by Crippen LogP contribution is 2.22. The molecule has 0 saturated carbocycles. The van der Waals surface area contributed by atoms with Gasteiger partial charge in [0.05, 0.1) is 4.92 Å². The van der Waals surface area contributed by atoms with E-state index in [9.17, 15) is 19.3 Å². The first-order valence-electron chi connectivity index (χ1n) is 6.38. The molecule has 1 aromatic rings. The lowest BCUT2D eigenvalue weighted by molar-refractivity contribution is -0.387. The Bertz CT molecular complexity index is 518. The van der Waals surface area contributed by atoms with Crippen molar-refractivity contribution in [2.75, 3.05) is 18.1 Å². The number of nitro groups is 1. The van der Waals surface area contributed by atoms with Gasteiger partial charge >= 0.3 is 5.69 Å². The van der Waals surface area contributed by atoms with Crippen LogP contribution in [0, 0.1) is 21.8 Å². The molecule has 1 aliphatic rings. The molecule has 0 aliphatic carbocycles. The zero-order valence-electron chi connectivity index (χ0n) is 10.8. The minimum atomic E-state index is -0.934. The van der Waals surface area contributed by atoms with Crippen LogP contribution in [0.25, 0.3) is 0 Å². The number of carbonyl (C=O) groups excluding carboxylic acids is 1. The number of halogens is 1. The molecule has 0 aromatic heterocycles. The molecule has 1 saturated heterocycles. The average molecular weight is 298 g/mol. The lowest BCUT2D eigenvalue weighted by Gasteiger charge is -2.21. The van der Waals surface area contributed by atoms with Gasteiger partial charge in [-0.05, 0) is 42.4 Å². The summed E-state index contributed by atoms with van der Waals surface area (Å²) in [6.07, 6.45) is 2.13. The third-order valence-electron chi connectivity index (χ3n) is 3.30. The van der Waals surface area contributed by atoms with E-state index in [2.05, 4.69) is 5.32 Å². The van der Waals surface area contributed by atoms with Crippen LogP contribution in [0.15, 0.2) is 18.2 Å². The van der Waals surface area contributed by atoms with Crippen molar-refractivity contribution >= 4 is 23.4 Å². The molecule has 20 heavy (non-hydrogen) atoms. The van der Waals surface area contributed by atoms with Crippen LogP contribution in [0.3, 0.4) is 0 Å². The number of hydrogen-bond donors (Lipinski definition) is 1. The molecular weight excluding hydrogens is 283 g/mol. The van der Waals surface area contributed by atoms with E-state index in [4.69, 9.17) is 0 Å². The van der Waals surface area contributed by atoms with E-state index in [1.54, 1.807) is 0 Å². The van der Waals surface area contributed by atoms with Gasteiger partial charge in [0, 0.05) is 18.2 Å². The average Bonchev–Trinajstić information content (AvgIpc) is 2.46. The summed E-state index contributed by atoms with van der Waals surface area (Å²) in [5.74, 6) is 1.32. The quantitative estimate of drug-likeness (QED) is 0.685. The van der Waals surface area contributed by atoms with E-state index in [0.717, 1.165) is 36.5 Å². The van der Waals surface area contributed by atoms with E-state index in [1.165, 1.54) is 6.07 Å². The molecule has 1 aliphatic heterocycles. The summed E-state index contributed by atoms with van der Waals surface area (Å²) in [6, 6.07) is 3.18. The summed E-state index contributed by atoms with van der Waals surface area (Å²) in [6.45, 7) is 0.560. The fourth-order valence-corrected chi connectivity index (χ4v) is 3.29. The molecule has 1 fully saturated rings. The second-order valence-electron chi connectivity index (χ2n) is 4.69. The number of thioether (sulfide) groups is 1. The van der Waals surface area contributed by atoms with Crippen LogP contribution in [0.4, 0.5) is 10.1 Å². The highest BCUT2D eigenvalue weighted by molar-refractivity contribution is 7.99. The summed E-state index contributed by atoms with van der Waals surface area (Å²) in [7, 11) is 0. The van der Waals surface area contributed by atoms with Crippen molar-refractivity contribution in [3.05, 3.63) is 39.7 Å². The molecule has 1 heterocycles. The normalized spacial score (nSPS) is 15.8. The Balaban J connectivity index is 1.98.